The first kappa shape index (κ1) is 18.4. The molecule has 2 aliphatic heterocycles. The van der Waals surface area contributed by atoms with E-state index in [0.717, 1.165) is 19.4 Å². The molecule has 9 nitrogen and oxygen atoms in total. The molecule has 1 unspecified atom stereocenters. The lowest BCUT2D eigenvalue weighted by molar-refractivity contribution is -0.127. The number of benzene rings is 1. The van der Waals surface area contributed by atoms with Crippen LogP contribution in [0, 0.1) is 0 Å². The number of fused-ring (bicyclic) bond motifs is 1. The third-order valence-corrected chi connectivity index (χ3v) is 5.24. The van der Waals surface area contributed by atoms with Gasteiger partial charge >= 0.3 is 6.03 Å². The predicted molar refractivity (Wildman–Crippen MR) is 102 cm³/mol. The summed E-state index contributed by atoms with van der Waals surface area (Å²) in [6, 6.07) is 7.31. The molecule has 9 heteroatoms. The Hall–Kier alpha value is -2.94. The minimum Gasteiger partial charge on any atom is -0.394 e. The standard InChI is InChI=1S/C19H24N6O3/c26-11-10-24-13-15(21-22-24)12-16-18(27)25(19(28)20-16)9-8-23-7-3-5-14-4-1-2-6-17(14)23/h1-2,4,6,13,16,26H,3,5,7-12H2,(H,20,28). The Morgan fingerprint density at radius 1 is 1.18 bits per heavy atom. The van der Waals surface area contributed by atoms with Gasteiger partial charge in [0.25, 0.3) is 5.91 Å². The van der Waals surface area contributed by atoms with Crippen LogP contribution >= 0.6 is 0 Å². The van der Waals surface area contributed by atoms with Crippen molar-refractivity contribution in [2.24, 2.45) is 0 Å². The fraction of sp³-hybridized carbons (Fsp3) is 0.474. The van der Waals surface area contributed by atoms with Crippen molar-refractivity contribution in [2.75, 3.05) is 31.1 Å². The second-order valence-corrected chi connectivity index (χ2v) is 7.11. The number of hydrogen-bond donors (Lipinski definition) is 2. The van der Waals surface area contributed by atoms with Crippen molar-refractivity contribution >= 4 is 17.6 Å². The summed E-state index contributed by atoms with van der Waals surface area (Å²) in [5, 5.41) is 19.6. The number of nitrogens with one attached hydrogen (secondary N) is 1. The van der Waals surface area contributed by atoms with E-state index in [0.29, 0.717) is 31.7 Å². The fourth-order valence-electron chi connectivity index (χ4n) is 3.84. The molecule has 2 aromatic rings. The molecular formula is C19H24N6O3. The van der Waals surface area contributed by atoms with Crippen molar-refractivity contribution in [3.63, 3.8) is 0 Å². The number of hydrogen-bond acceptors (Lipinski definition) is 6. The van der Waals surface area contributed by atoms with Gasteiger partial charge in [-0.05, 0) is 24.5 Å². The van der Waals surface area contributed by atoms with Crippen LogP contribution in [0.2, 0.25) is 0 Å². The van der Waals surface area contributed by atoms with Gasteiger partial charge in [-0.1, -0.05) is 23.4 Å². The summed E-state index contributed by atoms with van der Waals surface area (Å²) >= 11 is 0. The number of nitrogens with zero attached hydrogens (tertiary/aromatic N) is 5. The lowest BCUT2D eigenvalue weighted by Gasteiger charge is -2.32. The number of aliphatic hydroxyl groups is 1. The molecule has 0 radical (unpaired) electrons. The molecule has 2 aliphatic rings. The summed E-state index contributed by atoms with van der Waals surface area (Å²) in [7, 11) is 0. The van der Waals surface area contributed by atoms with E-state index in [2.05, 4.69) is 32.7 Å². The van der Waals surface area contributed by atoms with Gasteiger partial charge in [-0.25, -0.2) is 9.48 Å². The molecule has 0 saturated carbocycles. The molecule has 1 aromatic carbocycles. The lowest BCUT2D eigenvalue weighted by atomic mass is 10.0. The predicted octanol–water partition coefficient (Wildman–Crippen LogP) is 0.186. The first-order valence-corrected chi connectivity index (χ1v) is 9.60. The molecule has 0 bridgehead atoms. The number of aryl methyl sites for hydroxylation is 1. The number of para-hydroxylation sites is 1. The molecular weight excluding hydrogens is 360 g/mol. The van der Waals surface area contributed by atoms with Crippen molar-refractivity contribution in [2.45, 2.75) is 31.8 Å². The molecule has 1 fully saturated rings. The maximum Gasteiger partial charge on any atom is 0.324 e. The average molecular weight is 384 g/mol. The molecule has 1 atom stereocenters. The number of aliphatic hydroxyl groups excluding tert-OH is 1. The van der Waals surface area contributed by atoms with E-state index in [1.165, 1.54) is 20.8 Å². The Labute approximate surface area is 162 Å². The van der Waals surface area contributed by atoms with Crippen LogP contribution in [0.4, 0.5) is 10.5 Å². The zero-order valence-corrected chi connectivity index (χ0v) is 15.6. The number of anilines is 1. The Balaban J connectivity index is 1.37. The third-order valence-electron chi connectivity index (χ3n) is 5.24. The summed E-state index contributed by atoms with van der Waals surface area (Å²) in [5.74, 6) is -0.230. The van der Waals surface area contributed by atoms with E-state index in [-0.39, 0.29) is 18.5 Å². The highest BCUT2D eigenvalue weighted by atomic mass is 16.3. The number of imide groups is 1. The number of carbonyl (C=O) groups excluding carboxylic acids is 2. The minimum atomic E-state index is -0.625. The van der Waals surface area contributed by atoms with E-state index in [9.17, 15) is 9.59 Å². The van der Waals surface area contributed by atoms with E-state index in [1.807, 2.05) is 12.1 Å². The molecule has 0 aliphatic carbocycles. The minimum absolute atomic E-state index is 0.0324. The number of rotatable bonds is 7. The number of carbonyl (C=O) groups is 2. The lowest BCUT2D eigenvalue weighted by Crippen LogP contribution is -2.41. The quantitative estimate of drug-likeness (QED) is 0.661. The number of aromatic nitrogens is 3. The SMILES string of the molecule is O=C1NC(Cc2cn(CCO)nn2)C(=O)N1CCN1CCCc2ccccc21. The highest BCUT2D eigenvalue weighted by Gasteiger charge is 2.38. The van der Waals surface area contributed by atoms with Crippen LogP contribution in [-0.4, -0.2) is 69.2 Å². The molecule has 1 saturated heterocycles. The fourth-order valence-corrected chi connectivity index (χ4v) is 3.84. The van der Waals surface area contributed by atoms with Crippen molar-refractivity contribution in [1.29, 1.82) is 0 Å². The van der Waals surface area contributed by atoms with Crippen LogP contribution in [0.25, 0.3) is 0 Å². The molecule has 3 amide bonds. The Morgan fingerprint density at radius 2 is 2.04 bits per heavy atom. The van der Waals surface area contributed by atoms with E-state index in [1.54, 1.807) is 6.20 Å². The van der Waals surface area contributed by atoms with Gasteiger partial charge in [-0.2, -0.15) is 0 Å². The Kier molecular flexibility index (Phi) is 5.25. The Bertz CT molecular complexity index is 867. The summed E-state index contributed by atoms with van der Waals surface area (Å²) in [6.07, 6.45) is 4.11. The van der Waals surface area contributed by atoms with Gasteiger partial charge in [0, 0.05) is 37.9 Å². The summed E-state index contributed by atoms with van der Waals surface area (Å²) in [4.78, 5) is 28.5. The van der Waals surface area contributed by atoms with Gasteiger partial charge in [0.2, 0.25) is 0 Å². The normalized spacial score (nSPS) is 19.1. The highest BCUT2D eigenvalue weighted by Crippen LogP contribution is 2.26. The summed E-state index contributed by atoms with van der Waals surface area (Å²) < 4.78 is 1.52. The van der Waals surface area contributed by atoms with E-state index in [4.69, 9.17) is 5.11 Å². The van der Waals surface area contributed by atoms with Gasteiger partial charge in [0.05, 0.1) is 18.8 Å². The van der Waals surface area contributed by atoms with Gasteiger partial charge < -0.3 is 15.3 Å². The molecule has 2 N–H and O–H groups in total. The highest BCUT2D eigenvalue weighted by molar-refractivity contribution is 6.04. The molecule has 148 valence electrons. The van der Waals surface area contributed by atoms with Crippen molar-refractivity contribution in [3.8, 4) is 0 Å². The van der Waals surface area contributed by atoms with Gasteiger partial charge in [0.15, 0.2) is 0 Å². The molecule has 3 heterocycles. The molecule has 28 heavy (non-hydrogen) atoms. The van der Waals surface area contributed by atoms with Crippen LogP contribution in [0.15, 0.2) is 30.5 Å². The van der Waals surface area contributed by atoms with Crippen molar-refractivity contribution in [3.05, 3.63) is 41.7 Å². The van der Waals surface area contributed by atoms with Crippen LogP contribution in [-0.2, 0) is 24.2 Å². The van der Waals surface area contributed by atoms with Crippen molar-refractivity contribution < 1.29 is 14.7 Å². The smallest absolute Gasteiger partial charge is 0.324 e. The largest absolute Gasteiger partial charge is 0.394 e. The maximum atomic E-state index is 12.7. The zero-order valence-electron chi connectivity index (χ0n) is 15.6. The van der Waals surface area contributed by atoms with E-state index >= 15 is 0 Å². The summed E-state index contributed by atoms with van der Waals surface area (Å²) in [5.41, 5.74) is 3.12. The maximum absolute atomic E-state index is 12.7. The Morgan fingerprint density at radius 3 is 2.89 bits per heavy atom. The van der Waals surface area contributed by atoms with Crippen LogP contribution in [0.3, 0.4) is 0 Å². The average Bonchev–Trinajstić information content (AvgIpc) is 3.25. The zero-order chi connectivity index (χ0) is 19.5. The molecule has 1 aromatic heterocycles. The van der Waals surface area contributed by atoms with Crippen LogP contribution < -0.4 is 10.2 Å². The summed E-state index contributed by atoms with van der Waals surface area (Å²) in [6.45, 7) is 2.22. The number of urea groups is 1. The van der Waals surface area contributed by atoms with Gasteiger partial charge in [-0.3, -0.25) is 9.69 Å². The van der Waals surface area contributed by atoms with Crippen LogP contribution in [0.5, 0.6) is 0 Å². The number of amides is 3. The third kappa shape index (κ3) is 3.70. The first-order chi connectivity index (χ1) is 13.7. The van der Waals surface area contributed by atoms with Gasteiger partial charge in [0.1, 0.15) is 6.04 Å². The van der Waals surface area contributed by atoms with E-state index < -0.39 is 6.04 Å². The first-order valence-electron chi connectivity index (χ1n) is 9.60. The second-order valence-electron chi connectivity index (χ2n) is 7.11. The topological polar surface area (TPSA) is 104 Å². The molecule has 4 rings (SSSR count). The monoisotopic (exact) mass is 384 g/mol. The van der Waals surface area contributed by atoms with Gasteiger partial charge in [-0.15, -0.1) is 5.10 Å². The van der Waals surface area contributed by atoms with Crippen molar-refractivity contribution in [1.82, 2.24) is 25.2 Å². The molecule has 0 spiro atoms. The second kappa shape index (κ2) is 7.97. The van der Waals surface area contributed by atoms with Crippen LogP contribution in [0.1, 0.15) is 17.7 Å².